The molecule has 3 unspecified atom stereocenters. The molecule has 2 rings (SSSR count). The third-order valence-corrected chi connectivity index (χ3v) is 5.19. The first-order valence-electron chi connectivity index (χ1n) is 6.53. The van der Waals surface area contributed by atoms with E-state index in [1.54, 1.807) is 0 Å². The zero-order valence-electron chi connectivity index (χ0n) is 10.1. The Bertz CT molecular complexity index is 193. The summed E-state index contributed by atoms with van der Waals surface area (Å²) in [7, 11) is 0. The van der Waals surface area contributed by atoms with E-state index >= 15 is 0 Å². The lowest BCUT2D eigenvalue weighted by atomic mass is 9.97. The summed E-state index contributed by atoms with van der Waals surface area (Å²) in [5.41, 5.74) is 0. The second-order valence-electron chi connectivity index (χ2n) is 5.76. The maximum Gasteiger partial charge on any atom is 0.0889 e. The molecule has 0 aliphatic carbocycles. The third kappa shape index (κ3) is 1.50. The van der Waals surface area contributed by atoms with E-state index in [1.165, 1.54) is 49.7 Å². The minimum atomic E-state index is 0.912. The predicted octanol–water partition coefficient (Wildman–Crippen LogP) is 3.19. The normalized spacial score (nSPS) is 42.6. The summed E-state index contributed by atoms with van der Waals surface area (Å²) < 4.78 is 1.46. The van der Waals surface area contributed by atoms with E-state index < -0.39 is 0 Å². The molecular formula is C13H26N+. The molecule has 0 aromatic rings. The quantitative estimate of drug-likeness (QED) is 0.522. The van der Waals surface area contributed by atoms with Crippen molar-refractivity contribution in [1.82, 2.24) is 0 Å². The molecule has 1 nitrogen and oxygen atoms in total. The number of hydrogen-bond acceptors (Lipinski definition) is 0. The van der Waals surface area contributed by atoms with Gasteiger partial charge < -0.3 is 4.48 Å². The molecule has 3 atom stereocenters. The fraction of sp³-hybridized carbons (Fsp3) is 1.00. The lowest BCUT2D eigenvalue weighted by molar-refractivity contribution is -0.961. The second kappa shape index (κ2) is 3.84. The number of quaternary nitrogens is 1. The Labute approximate surface area is 89.1 Å². The van der Waals surface area contributed by atoms with Crippen LogP contribution in [0.15, 0.2) is 0 Å². The van der Waals surface area contributed by atoms with Crippen molar-refractivity contribution in [3.8, 4) is 0 Å². The summed E-state index contributed by atoms with van der Waals surface area (Å²) in [6.45, 7) is 10.4. The van der Waals surface area contributed by atoms with Crippen LogP contribution in [0, 0.1) is 5.92 Å². The van der Waals surface area contributed by atoms with Gasteiger partial charge in [-0.3, -0.25) is 0 Å². The molecule has 0 aromatic carbocycles. The van der Waals surface area contributed by atoms with E-state index in [2.05, 4.69) is 20.8 Å². The zero-order valence-corrected chi connectivity index (χ0v) is 10.1. The molecule has 0 saturated carbocycles. The molecule has 2 saturated heterocycles. The molecule has 0 amide bonds. The molecule has 82 valence electrons. The highest BCUT2D eigenvalue weighted by Crippen LogP contribution is 2.37. The maximum atomic E-state index is 2.51. The smallest absolute Gasteiger partial charge is 0.0889 e. The molecule has 2 heterocycles. The van der Waals surface area contributed by atoms with Gasteiger partial charge in [0.2, 0.25) is 0 Å². The molecule has 2 aliphatic heterocycles. The zero-order chi connectivity index (χ0) is 10.2. The molecule has 1 spiro atoms. The van der Waals surface area contributed by atoms with Crippen LogP contribution in [-0.2, 0) is 0 Å². The fourth-order valence-electron chi connectivity index (χ4n) is 3.91. The van der Waals surface area contributed by atoms with Crippen molar-refractivity contribution in [3.05, 3.63) is 0 Å². The SMILES string of the molecule is CC1CCCC(C)[N+]2(CCCC2)C1C. The van der Waals surface area contributed by atoms with Gasteiger partial charge in [0.1, 0.15) is 0 Å². The molecule has 0 radical (unpaired) electrons. The van der Waals surface area contributed by atoms with E-state index in [4.69, 9.17) is 0 Å². The van der Waals surface area contributed by atoms with Crippen LogP contribution >= 0.6 is 0 Å². The van der Waals surface area contributed by atoms with Gasteiger partial charge in [0.15, 0.2) is 0 Å². The highest BCUT2D eigenvalue weighted by atomic mass is 15.4. The average molecular weight is 196 g/mol. The highest BCUT2D eigenvalue weighted by Gasteiger charge is 2.45. The van der Waals surface area contributed by atoms with Crippen molar-refractivity contribution < 1.29 is 4.48 Å². The van der Waals surface area contributed by atoms with E-state index in [0.29, 0.717) is 0 Å². The van der Waals surface area contributed by atoms with E-state index in [0.717, 1.165) is 18.0 Å². The lowest BCUT2D eigenvalue weighted by Crippen LogP contribution is -2.58. The van der Waals surface area contributed by atoms with Crippen LogP contribution in [0.3, 0.4) is 0 Å². The fourth-order valence-corrected chi connectivity index (χ4v) is 3.91. The van der Waals surface area contributed by atoms with Gasteiger partial charge in [-0.15, -0.1) is 0 Å². The van der Waals surface area contributed by atoms with Gasteiger partial charge in [-0.2, -0.15) is 0 Å². The Morgan fingerprint density at radius 2 is 1.50 bits per heavy atom. The van der Waals surface area contributed by atoms with Gasteiger partial charge in [-0.25, -0.2) is 0 Å². The van der Waals surface area contributed by atoms with Gasteiger partial charge >= 0.3 is 0 Å². The second-order valence-corrected chi connectivity index (χ2v) is 5.76. The van der Waals surface area contributed by atoms with Crippen molar-refractivity contribution in [2.45, 2.75) is 65.0 Å². The lowest BCUT2D eigenvalue weighted by Gasteiger charge is -2.45. The Balaban J connectivity index is 2.23. The standard InChI is InChI=1S/C13H26N/c1-11-7-6-8-12(2)14(13(11)3)9-4-5-10-14/h11-13H,4-10H2,1-3H3/q+1. The van der Waals surface area contributed by atoms with Gasteiger partial charge in [0.05, 0.1) is 25.2 Å². The molecule has 0 bridgehead atoms. The summed E-state index contributed by atoms with van der Waals surface area (Å²) >= 11 is 0. The highest BCUT2D eigenvalue weighted by molar-refractivity contribution is 4.74. The number of rotatable bonds is 0. The monoisotopic (exact) mass is 196 g/mol. The Morgan fingerprint density at radius 3 is 2.14 bits per heavy atom. The Hall–Kier alpha value is -0.0400. The molecule has 14 heavy (non-hydrogen) atoms. The maximum absolute atomic E-state index is 2.51. The molecule has 2 fully saturated rings. The van der Waals surface area contributed by atoms with Crippen molar-refractivity contribution >= 4 is 0 Å². The predicted molar refractivity (Wildman–Crippen MR) is 61.2 cm³/mol. The molecule has 0 aromatic heterocycles. The van der Waals surface area contributed by atoms with Crippen LogP contribution in [0.2, 0.25) is 0 Å². The molecule has 1 heteroatoms. The van der Waals surface area contributed by atoms with Crippen LogP contribution < -0.4 is 0 Å². The third-order valence-electron chi connectivity index (χ3n) is 5.19. The van der Waals surface area contributed by atoms with E-state index in [1.807, 2.05) is 0 Å². The summed E-state index contributed by atoms with van der Waals surface area (Å²) in [6.07, 6.45) is 7.34. The van der Waals surface area contributed by atoms with Gasteiger partial charge in [0, 0.05) is 18.8 Å². The number of nitrogens with zero attached hydrogens (tertiary/aromatic N) is 1. The van der Waals surface area contributed by atoms with Crippen LogP contribution in [-0.4, -0.2) is 29.7 Å². The van der Waals surface area contributed by atoms with Crippen LogP contribution in [0.25, 0.3) is 0 Å². The van der Waals surface area contributed by atoms with Crippen LogP contribution in [0.4, 0.5) is 0 Å². The van der Waals surface area contributed by atoms with Crippen LogP contribution in [0.1, 0.15) is 52.9 Å². The molecule has 2 aliphatic rings. The summed E-state index contributed by atoms with van der Waals surface area (Å²) in [5.74, 6) is 0.943. The Morgan fingerprint density at radius 1 is 0.857 bits per heavy atom. The first-order valence-corrected chi connectivity index (χ1v) is 6.53. The average Bonchev–Trinajstić information content (AvgIpc) is 2.62. The van der Waals surface area contributed by atoms with Crippen molar-refractivity contribution in [2.75, 3.05) is 13.1 Å². The van der Waals surface area contributed by atoms with Gasteiger partial charge in [-0.1, -0.05) is 6.92 Å². The minimum Gasteiger partial charge on any atom is -0.319 e. The summed E-state index contributed by atoms with van der Waals surface area (Å²) in [4.78, 5) is 0. The number of hydrogen-bond donors (Lipinski definition) is 0. The molecular weight excluding hydrogens is 170 g/mol. The van der Waals surface area contributed by atoms with Gasteiger partial charge in [-0.05, 0) is 33.1 Å². The molecule has 0 N–H and O–H groups in total. The largest absolute Gasteiger partial charge is 0.319 e. The first kappa shape index (κ1) is 10.5. The topological polar surface area (TPSA) is 0 Å². The van der Waals surface area contributed by atoms with E-state index in [9.17, 15) is 0 Å². The van der Waals surface area contributed by atoms with Gasteiger partial charge in [0.25, 0.3) is 0 Å². The Kier molecular flexibility index (Phi) is 2.88. The minimum absolute atomic E-state index is 0.912. The summed E-state index contributed by atoms with van der Waals surface area (Å²) in [6, 6.07) is 1.84. The van der Waals surface area contributed by atoms with Crippen LogP contribution in [0.5, 0.6) is 0 Å². The first-order chi connectivity index (χ1) is 6.67. The van der Waals surface area contributed by atoms with Crippen molar-refractivity contribution in [2.24, 2.45) is 5.92 Å². The van der Waals surface area contributed by atoms with Crippen molar-refractivity contribution in [3.63, 3.8) is 0 Å². The summed E-state index contributed by atoms with van der Waals surface area (Å²) in [5, 5.41) is 0. The van der Waals surface area contributed by atoms with Crippen molar-refractivity contribution in [1.29, 1.82) is 0 Å². The van der Waals surface area contributed by atoms with E-state index in [-0.39, 0.29) is 0 Å².